The molecule has 1 aliphatic carbocycles. The largest absolute Gasteiger partial charge is 0.377 e. The van der Waals surface area contributed by atoms with Gasteiger partial charge in [-0.05, 0) is 37.2 Å². The Bertz CT molecular complexity index is 421. The number of aliphatic imine (C=N–C) groups is 1. The number of guanidine groups is 1. The molecule has 0 heterocycles. The van der Waals surface area contributed by atoms with Crippen LogP contribution in [0.3, 0.4) is 0 Å². The average Bonchev–Trinajstić information content (AvgIpc) is 3.34. The van der Waals surface area contributed by atoms with Crippen molar-refractivity contribution in [2.45, 2.75) is 32.3 Å². The molecule has 0 unspecified atom stereocenters. The van der Waals surface area contributed by atoms with Gasteiger partial charge < -0.3 is 15.4 Å². The number of ether oxygens (including phenoxy) is 1. The van der Waals surface area contributed by atoms with E-state index in [2.05, 4.69) is 27.8 Å². The van der Waals surface area contributed by atoms with Crippen LogP contribution >= 0.6 is 24.0 Å². The van der Waals surface area contributed by atoms with Crippen LogP contribution in [0.25, 0.3) is 0 Å². The third kappa shape index (κ3) is 8.58. The second-order valence-electron chi connectivity index (χ2n) is 5.57. The molecule has 124 valence electrons. The van der Waals surface area contributed by atoms with Crippen LogP contribution in [0.5, 0.6) is 0 Å². The normalized spacial score (nSPS) is 14.3. The molecule has 4 nitrogen and oxygen atoms in total. The van der Waals surface area contributed by atoms with Crippen molar-refractivity contribution in [3.63, 3.8) is 0 Å². The van der Waals surface area contributed by atoms with Gasteiger partial charge in [0.25, 0.3) is 0 Å². The summed E-state index contributed by atoms with van der Waals surface area (Å²) >= 11 is 0. The lowest BCUT2D eigenvalue weighted by Crippen LogP contribution is -2.38. The number of hydrogen-bond acceptors (Lipinski definition) is 2. The second-order valence-corrected chi connectivity index (χ2v) is 5.57. The Morgan fingerprint density at radius 3 is 2.64 bits per heavy atom. The summed E-state index contributed by atoms with van der Waals surface area (Å²) in [5, 5.41) is 6.71. The minimum atomic E-state index is 0. The zero-order valence-corrected chi connectivity index (χ0v) is 15.7. The van der Waals surface area contributed by atoms with Gasteiger partial charge in [-0.15, -0.1) is 24.0 Å². The standard InChI is InChI=1S/C17H27N3O.HI/c1-18-17(20-13-15-9-10-15)19-11-5-6-12-21-14-16-7-3-2-4-8-16;/h2-4,7-8,15H,5-6,9-14H2,1H3,(H2,18,19,20);1H. The molecule has 0 aromatic heterocycles. The van der Waals surface area contributed by atoms with Gasteiger partial charge in [-0.2, -0.15) is 0 Å². The monoisotopic (exact) mass is 417 g/mol. The highest BCUT2D eigenvalue weighted by Crippen LogP contribution is 2.27. The predicted molar refractivity (Wildman–Crippen MR) is 103 cm³/mol. The van der Waals surface area contributed by atoms with Crippen LogP contribution < -0.4 is 10.6 Å². The molecule has 1 fully saturated rings. The van der Waals surface area contributed by atoms with Crippen molar-refractivity contribution in [2.24, 2.45) is 10.9 Å². The molecule has 1 aromatic carbocycles. The molecule has 0 aliphatic heterocycles. The Morgan fingerprint density at radius 1 is 1.18 bits per heavy atom. The van der Waals surface area contributed by atoms with E-state index in [1.54, 1.807) is 0 Å². The van der Waals surface area contributed by atoms with E-state index in [9.17, 15) is 0 Å². The first kappa shape index (κ1) is 19.2. The number of halogens is 1. The second kappa shape index (κ2) is 11.7. The number of rotatable bonds is 9. The van der Waals surface area contributed by atoms with E-state index in [1.807, 2.05) is 25.2 Å². The van der Waals surface area contributed by atoms with Gasteiger partial charge in [-0.25, -0.2) is 0 Å². The van der Waals surface area contributed by atoms with E-state index < -0.39 is 0 Å². The van der Waals surface area contributed by atoms with E-state index in [1.165, 1.54) is 18.4 Å². The molecule has 22 heavy (non-hydrogen) atoms. The van der Waals surface area contributed by atoms with Crippen LogP contribution in [0.15, 0.2) is 35.3 Å². The summed E-state index contributed by atoms with van der Waals surface area (Å²) in [7, 11) is 1.82. The lowest BCUT2D eigenvalue weighted by Gasteiger charge is -2.11. The highest BCUT2D eigenvalue weighted by atomic mass is 127. The number of nitrogens with zero attached hydrogens (tertiary/aromatic N) is 1. The van der Waals surface area contributed by atoms with Gasteiger partial charge in [0.05, 0.1) is 6.61 Å². The minimum absolute atomic E-state index is 0. The maximum Gasteiger partial charge on any atom is 0.190 e. The molecule has 2 rings (SSSR count). The molecule has 5 heteroatoms. The summed E-state index contributed by atoms with van der Waals surface area (Å²) in [4.78, 5) is 4.22. The lowest BCUT2D eigenvalue weighted by molar-refractivity contribution is 0.117. The maximum absolute atomic E-state index is 5.67. The minimum Gasteiger partial charge on any atom is -0.377 e. The molecule has 2 N–H and O–H groups in total. The molecule has 0 spiro atoms. The van der Waals surface area contributed by atoms with Crippen LogP contribution in [-0.4, -0.2) is 32.7 Å². The van der Waals surface area contributed by atoms with Crippen molar-refractivity contribution in [2.75, 3.05) is 26.7 Å². The SMILES string of the molecule is CN=C(NCCCCOCc1ccccc1)NCC1CC1.I. The predicted octanol–water partition coefficient (Wildman–Crippen LogP) is 3.18. The fourth-order valence-electron chi connectivity index (χ4n) is 2.08. The van der Waals surface area contributed by atoms with Gasteiger partial charge in [-0.1, -0.05) is 30.3 Å². The summed E-state index contributed by atoms with van der Waals surface area (Å²) in [6, 6.07) is 10.3. The van der Waals surface area contributed by atoms with E-state index in [0.29, 0.717) is 6.61 Å². The molecule has 0 bridgehead atoms. The van der Waals surface area contributed by atoms with Gasteiger partial charge in [-0.3, -0.25) is 4.99 Å². The topological polar surface area (TPSA) is 45.7 Å². The Morgan fingerprint density at radius 2 is 1.95 bits per heavy atom. The summed E-state index contributed by atoms with van der Waals surface area (Å²) in [6.45, 7) is 3.52. The maximum atomic E-state index is 5.67. The van der Waals surface area contributed by atoms with Crippen LogP contribution in [0, 0.1) is 5.92 Å². The first-order chi connectivity index (χ1) is 10.4. The van der Waals surface area contributed by atoms with Crippen molar-refractivity contribution >= 4 is 29.9 Å². The highest BCUT2D eigenvalue weighted by molar-refractivity contribution is 14.0. The average molecular weight is 417 g/mol. The zero-order chi connectivity index (χ0) is 14.8. The third-order valence-corrected chi connectivity index (χ3v) is 3.60. The first-order valence-corrected chi connectivity index (χ1v) is 7.94. The lowest BCUT2D eigenvalue weighted by atomic mass is 10.2. The molecule has 0 saturated heterocycles. The number of hydrogen-bond donors (Lipinski definition) is 2. The summed E-state index contributed by atoms with van der Waals surface area (Å²) < 4.78 is 5.67. The van der Waals surface area contributed by atoms with E-state index in [4.69, 9.17) is 4.74 Å². The Balaban J connectivity index is 0.00000242. The molecule has 0 atom stereocenters. The Kier molecular flexibility index (Phi) is 10.2. The molecule has 0 amide bonds. The fourth-order valence-corrected chi connectivity index (χ4v) is 2.08. The van der Waals surface area contributed by atoms with E-state index in [0.717, 1.165) is 44.4 Å². The van der Waals surface area contributed by atoms with Crippen molar-refractivity contribution in [1.29, 1.82) is 0 Å². The van der Waals surface area contributed by atoms with Crippen LogP contribution in [0.4, 0.5) is 0 Å². The molecule has 0 radical (unpaired) electrons. The molecule has 1 saturated carbocycles. The van der Waals surface area contributed by atoms with Gasteiger partial charge in [0, 0.05) is 26.7 Å². The highest BCUT2D eigenvalue weighted by Gasteiger charge is 2.20. The molecule has 1 aliphatic rings. The molecular formula is C17H28IN3O. The number of benzene rings is 1. The molecular weight excluding hydrogens is 389 g/mol. The number of nitrogens with one attached hydrogen (secondary N) is 2. The van der Waals surface area contributed by atoms with Crippen molar-refractivity contribution in [3.05, 3.63) is 35.9 Å². The molecule has 1 aromatic rings. The Hall–Kier alpha value is -0.820. The van der Waals surface area contributed by atoms with Crippen LogP contribution in [0.2, 0.25) is 0 Å². The van der Waals surface area contributed by atoms with Gasteiger partial charge in [0.15, 0.2) is 5.96 Å². The van der Waals surface area contributed by atoms with Gasteiger partial charge in [0.2, 0.25) is 0 Å². The number of unbranched alkanes of at least 4 members (excludes halogenated alkanes) is 1. The van der Waals surface area contributed by atoms with Crippen LogP contribution in [0.1, 0.15) is 31.2 Å². The van der Waals surface area contributed by atoms with E-state index >= 15 is 0 Å². The van der Waals surface area contributed by atoms with E-state index in [-0.39, 0.29) is 24.0 Å². The summed E-state index contributed by atoms with van der Waals surface area (Å²) in [5.74, 6) is 1.79. The third-order valence-electron chi connectivity index (χ3n) is 3.60. The van der Waals surface area contributed by atoms with Crippen molar-refractivity contribution in [3.8, 4) is 0 Å². The van der Waals surface area contributed by atoms with Crippen LogP contribution in [-0.2, 0) is 11.3 Å². The van der Waals surface area contributed by atoms with Crippen molar-refractivity contribution < 1.29 is 4.74 Å². The first-order valence-electron chi connectivity index (χ1n) is 7.94. The fraction of sp³-hybridized carbons (Fsp3) is 0.588. The van der Waals surface area contributed by atoms with Crippen molar-refractivity contribution in [1.82, 2.24) is 10.6 Å². The zero-order valence-electron chi connectivity index (χ0n) is 13.4. The van der Waals surface area contributed by atoms with Gasteiger partial charge >= 0.3 is 0 Å². The smallest absolute Gasteiger partial charge is 0.190 e. The van der Waals surface area contributed by atoms with Gasteiger partial charge in [0.1, 0.15) is 0 Å². The summed E-state index contributed by atoms with van der Waals surface area (Å²) in [6.07, 6.45) is 4.89. The summed E-state index contributed by atoms with van der Waals surface area (Å²) in [5.41, 5.74) is 1.24. The Labute approximate surface area is 151 Å². The quantitative estimate of drug-likeness (QED) is 0.281.